The number of halogens is 1. The summed E-state index contributed by atoms with van der Waals surface area (Å²) in [6, 6.07) is 15.5. The normalized spacial score (nSPS) is 14.2. The zero-order chi connectivity index (χ0) is 22.2. The van der Waals surface area contributed by atoms with Crippen LogP contribution in [0.4, 0.5) is 5.69 Å². The number of hydrogen-bond donors (Lipinski definition) is 0. The summed E-state index contributed by atoms with van der Waals surface area (Å²) in [5, 5.41) is 10.0. The minimum absolute atomic E-state index is 0.0432. The number of hydrogen-bond acceptors (Lipinski definition) is 5. The van der Waals surface area contributed by atoms with Crippen LogP contribution in [0.25, 0.3) is 6.08 Å². The second kappa shape index (κ2) is 10.7. The quantitative estimate of drug-likeness (QED) is 0.472. The van der Waals surface area contributed by atoms with Gasteiger partial charge in [0.05, 0.1) is 18.2 Å². The van der Waals surface area contributed by atoms with Crippen molar-refractivity contribution < 1.29 is 14.3 Å². The lowest BCUT2D eigenvalue weighted by molar-refractivity contribution is -0.126. The Hall–Kier alpha value is -3.17. The van der Waals surface area contributed by atoms with Gasteiger partial charge in [0.1, 0.15) is 11.6 Å². The van der Waals surface area contributed by atoms with Gasteiger partial charge >= 0.3 is 0 Å². The highest BCUT2D eigenvalue weighted by Gasteiger charge is 2.24. The maximum absolute atomic E-state index is 13.0. The van der Waals surface area contributed by atoms with Crippen molar-refractivity contribution in [2.24, 2.45) is 0 Å². The molecular formula is C24H26ClN3O3. The first-order valence-corrected chi connectivity index (χ1v) is 10.7. The fourth-order valence-electron chi connectivity index (χ4n) is 3.47. The summed E-state index contributed by atoms with van der Waals surface area (Å²) in [5.41, 5.74) is 1.72. The van der Waals surface area contributed by atoms with Crippen LogP contribution in [0.15, 0.2) is 48.0 Å². The molecule has 7 heteroatoms. The minimum Gasteiger partial charge on any atom is -0.490 e. The predicted molar refractivity (Wildman–Crippen MR) is 123 cm³/mol. The monoisotopic (exact) mass is 439 g/mol. The number of benzene rings is 2. The molecule has 3 rings (SSSR count). The first-order valence-electron chi connectivity index (χ1n) is 10.4. The van der Waals surface area contributed by atoms with E-state index in [2.05, 4.69) is 17.0 Å². The second-order valence-corrected chi connectivity index (χ2v) is 7.38. The lowest BCUT2D eigenvalue weighted by Crippen LogP contribution is -2.49. The molecule has 2 aromatic carbocycles. The van der Waals surface area contributed by atoms with Crippen molar-refractivity contribution >= 4 is 29.3 Å². The molecule has 0 unspecified atom stereocenters. The lowest BCUT2D eigenvalue weighted by Gasteiger charge is -2.36. The van der Waals surface area contributed by atoms with Crippen LogP contribution in [0.1, 0.15) is 19.4 Å². The zero-order valence-corrected chi connectivity index (χ0v) is 18.6. The Labute approximate surface area is 188 Å². The average molecular weight is 440 g/mol. The van der Waals surface area contributed by atoms with Gasteiger partial charge in [0.2, 0.25) is 0 Å². The summed E-state index contributed by atoms with van der Waals surface area (Å²) >= 11 is 6.39. The molecule has 0 aliphatic carbocycles. The minimum atomic E-state index is -0.293. The Bertz CT molecular complexity index is 978. The van der Waals surface area contributed by atoms with Crippen LogP contribution in [0.2, 0.25) is 5.02 Å². The van der Waals surface area contributed by atoms with Crippen LogP contribution in [0, 0.1) is 11.3 Å². The van der Waals surface area contributed by atoms with Gasteiger partial charge < -0.3 is 19.3 Å². The summed E-state index contributed by atoms with van der Waals surface area (Å²) < 4.78 is 11.2. The number of rotatable bonds is 7. The van der Waals surface area contributed by atoms with Gasteiger partial charge in [0.25, 0.3) is 5.91 Å². The highest BCUT2D eigenvalue weighted by Crippen LogP contribution is 2.35. The number of amides is 1. The van der Waals surface area contributed by atoms with E-state index in [0.29, 0.717) is 61.5 Å². The first kappa shape index (κ1) is 22.5. The first-order chi connectivity index (χ1) is 15.1. The average Bonchev–Trinajstić information content (AvgIpc) is 2.80. The van der Waals surface area contributed by atoms with Crippen LogP contribution in [-0.2, 0) is 4.79 Å². The number of anilines is 1. The molecule has 0 bridgehead atoms. The van der Waals surface area contributed by atoms with Crippen LogP contribution < -0.4 is 14.4 Å². The predicted octanol–water partition coefficient (Wildman–Crippen LogP) is 4.39. The van der Waals surface area contributed by atoms with Gasteiger partial charge in [0, 0.05) is 37.9 Å². The summed E-state index contributed by atoms with van der Waals surface area (Å²) in [4.78, 5) is 16.9. The van der Waals surface area contributed by atoms with Crippen molar-refractivity contribution in [3.05, 3.63) is 58.6 Å². The van der Waals surface area contributed by atoms with E-state index in [9.17, 15) is 10.1 Å². The van der Waals surface area contributed by atoms with E-state index in [0.717, 1.165) is 5.69 Å². The number of carbonyl (C=O) groups excluding carboxylic acids is 1. The van der Waals surface area contributed by atoms with E-state index in [4.69, 9.17) is 21.1 Å². The second-order valence-electron chi connectivity index (χ2n) is 6.97. The van der Waals surface area contributed by atoms with Crippen molar-refractivity contribution in [2.75, 3.05) is 44.3 Å². The molecule has 6 nitrogen and oxygen atoms in total. The molecule has 0 N–H and O–H groups in total. The van der Waals surface area contributed by atoms with Crippen LogP contribution >= 0.6 is 11.6 Å². The smallest absolute Gasteiger partial charge is 0.264 e. The molecule has 1 fully saturated rings. The standard InChI is InChI=1S/C24H26ClN3O3/c1-3-30-22-15-18(21(25)16-23(22)31-4-2)14-19(17-26)24(29)28-12-10-27(11-13-28)20-8-6-5-7-9-20/h5-9,14-16H,3-4,10-13H2,1-2H3/b19-14-. The van der Waals surface area contributed by atoms with Gasteiger partial charge in [-0.25, -0.2) is 0 Å². The topological polar surface area (TPSA) is 65.8 Å². The van der Waals surface area contributed by atoms with Crippen LogP contribution in [-0.4, -0.2) is 50.2 Å². The number of nitriles is 1. The SMILES string of the molecule is CCOc1cc(Cl)c(/C=C(/C#N)C(=O)N2CCN(c3ccccc3)CC2)cc1OCC. The van der Waals surface area contributed by atoms with Crippen molar-refractivity contribution in [1.82, 2.24) is 4.90 Å². The summed E-state index contributed by atoms with van der Waals surface area (Å²) in [6.45, 7) is 7.21. The fraction of sp³-hybridized carbons (Fsp3) is 0.333. The Morgan fingerprint density at radius 1 is 1.06 bits per heavy atom. The fourth-order valence-corrected chi connectivity index (χ4v) is 3.68. The molecule has 1 amide bonds. The van der Waals surface area contributed by atoms with Gasteiger partial charge in [-0.1, -0.05) is 29.8 Å². The highest BCUT2D eigenvalue weighted by atomic mass is 35.5. The number of para-hydroxylation sites is 1. The molecule has 1 aliphatic rings. The van der Waals surface area contributed by atoms with Crippen molar-refractivity contribution in [3.8, 4) is 17.6 Å². The maximum atomic E-state index is 13.0. The third kappa shape index (κ3) is 5.50. The van der Waals surface area contributed by atoms with E-state index >= 15 is 0 Å². The van der Waals surface area contributed by atoms with E-state index in [1.807, 2.05) is 38.1 Å². The number of ether oxygens (including phenoxy) is 2. The van der Waals surface area contributed by atoms with Crippen molar-refractivity contribution in [2.45, 2.75) is 13.8 Å². The summed E-state index contributed by atoms with van der Waals surface area (Å²) in [5.74, 6) is 0.771. The molecule has 0 spiro atoms. The molecule has 1 heterocycles. The molecule has 0 atom stereocenters. The Morgan fingerprint density at radius 2 is 1.68 bits per heavy atom. The molecular weight excluding hydrogens is 414 g/mol. The van der Waals surface area contributed by atoms with Gasteiger partial charge in [-0.05, 0) is 43.7 Å². The third-order valence-corrected chi connectivity index (χ3v) is 5.33. The molecule has 1 saturated heterocycles. The molecule has 31 heavy (non-hydrogen) atoms. The van der Waals surface area contributed by atoms with Crippen molar-refractivity contribution in [1.29, 1.82) is 5.26 Å². The Balaban J connectivity index is 1.76. The van der Waals surface area contributed by atoms with Crippen molar-refractivity contribution in [3.63, 3.8) is 0 Å². The highest BCUT2D eigenvalue weighted by molar-refractivity contribution is 6.32. The molecule has 0 saturated carbocycles. The largest absolute Gasteiger partial charge is 0.490 e. The van der Waals surface area contributed by atoms with E-state index in [1.54, 1.807) is 17.0 Å². The Morgan fingerprint density at radius 3 is 2.26 bits per heavy atom. The van der Waals surface area contributed by atoms with E-state index in [1.165, 1.54) is 6.08 Å². The molecule has 2 aromatic rings. The molecule has 0 aromatic heterocycles. The van der Waals surface area contributed by atoms with Gasteiger partial charge in [-0.3, -0.25) is 4.79 Å². The van der Waals surface area contributed by atoms with Gasteiger partial charge in [-0.15, -0.1) is 0 Å². The molecule has 1 aliphatic heterocycles. The third-order valence-electron chi connectivity index (χ3n) is 5.00. The molecule has 162 valence electrons. The van der Waals surface area contributed by atoms with E-state index < -0.39 is 0 Å². The number of piperazine rings is 1. The summed E-state index contributed by atoms with van der Waals surface area (Å²) in [6.07, 6.45) is 1.52. The van der Waals surface area contributed by atoms with Gasteiger partial charge in [-0.2, -0.15) is 5.26 Å². The number of nitrogens with zero attached hydrogens (tertiary/aromatic N) is 3. The Kier molecular flexibility index (Phi) is 7.80. The maximum Gasteiger partial charge on any atom is 0.264 e. The lowest BCUT2D eigenvalue weighted by atomic mass is 10.1. The van der Waals surface area contributed by atoms with E-state index in [-0.39, 0.29) is 11.5 Å². The summed E-state index contributed by atoms with van der Waals surface area (Å²) in [7, 11) is 0. The molecule has 0 radical (unpaired) electrons. The van der Waals surface area contributed by atoms with Crippen LogP contribution in [0.5, 0.6) is 11.5 Å². The zero-order valence-electron chi connectivity index (χ0n) is 17.8. The van der Waals surface area contributed by atoms with Crippen LogP contribution in [0.3, 0.4) is 0 Å². The van der Waals surface area contributed by atoms with Gasteiger partial charge in [0.15, 0.2) is 11.5 Å². The number of carbonyl (C=O) groups is 1.